The third kappa shape index (κ3) is 7.20. The summed E-state index contributed by atoms with van der Waals surface area (Å²) in [6.07, 6.45) is 4.47. The minimum atomic E-state index is -0.247. The first kappa shape index (κ1) is 27.8. The number of nitrogens with zero attached hydrogens (tertiary/aromatic N) is 3. The molecule has 2 fully saturated rings. The first-order valence-electron chi connectivity index (χ1n) is 13.0. The SMILES string of the molecule is CC(=O)N1CCC(C(=O)Nc2cc(Cl)ccc2C=CC(=O)N2CCN(Cc3ccc(F)cc3)C[C@H]2C)CC1. The van der Waals surface area contributed by atoms with Gasteiger partial charge in [-0.3, -0.25) is 19.3 Å². The lowest BCUT2D eigenvalue weighted by Crippen LogP contribution is -2.53. The maximum Gasteiger partial charge on any atom is 0.246 e. The maximum atomic E-state index is 13.2. The van der Waals surface area contributed by atoms with Gasteiger partial charge in [-0.25, -0.2) is 4.39 Å². The zero-order chi connectivity index (χ0) is 27.2. The molecule has 0 aromatic heterocycles. The quantitative estimate of drug-likeness (QED) is 0.550. The van der Waals surface area contributed by atoms with Gasteiger partial charge in [-0.2, -0.15) is 0 Å². The highest BCUT2D eigenvalue weighted by Crippen LogP contribution is 2.26. The normalized spacial score (nSPS) is 19.1. The fraction of sp³-hybridized carbons (Fsp3) is 0.414. The van der Waals surface area contributed by atoms with E-state index >= 15 is 0 Å². The van der Waals surface area contributed by atoms with Crippen LogP contribution in [0, 0.1) is 11.7 Å². The van der Waals surface area contributed by atoms with Crippen LogP contribution in [0.15, 0.2) is 48.5 Å². The highest BCUT2D eigenvalue weighted by atomic mass is 35.5. The molecular weight excluding hydrogens is 507 g/mol. The molecule has 0 bridgehead atoms. The number of nitrogens with one attached hydrogen (secondary N) is 1. The van der Waals surface area contributed by atoms with Crippen molar-refractivity contribution in [3.63, 3.8) is 0 Å². The molecule has 2 aliphatic rings. The molecule has 2 heterocycles. The van der Waals surface area contributed by atoms with E-state index in [9.17, 15) is 18.8 Å². The molecule has 202 valence electrons. The Morgan fingerprint density at radius 2 is 1.76 bits per heavy atom. The lowest BCUT2D eigenvalue weighted by atomic mass is 9.95. The van der Waals surface area contributed by atoms with Gasteiger partial charge >= 0.3 is 0 Å². The lowest BCUT2D eigenvalue weighted by Gasteiger charge is -2.39. The fourth-order valence-corrected chi connectivity index (χ4v) is 5.25. The predicted octanol–water partition coefficient (Wildman–Crippen LogP) is 4.42. The van der Waals surface area contributed by atoms with Crippen LogP contribution in [0.4, 0.5) is 10.1 Å². The minimum absolute atomic E-state index is 0.0200. The number of carbonyl (C=O) groups is 3. The molecule has 7 nitrogen and oxygen atoms in total. The van der Waals surface area contributed by atoms with Crippen molar-refractivity contribution in [2.45, 2.75) is 39.3 Å². The van der Waals surface area contributed by atoms with Crippen molar-refractivity contribution in [2.24, 2.45) is 5.92 Å². The van der Waals surface area contributed by atoms with Gasteiger partial charge in [-0.1, -0.05) is 29.8 Å². The number of halogens is 2. The molecule has 1 atom stereocenters. The second kappa shape index (κ2) is 12.5. The van der Waals surface area contributed by atoms with E-state index in [-0.39, 0.29) is 35.5 Å². The summed E-state index contributed by atoms with van der Waals surface area (Å²) in [7, 11) is 0. The Morgan fingerprint density at radius 3 is 2.42 bits per heavy atom. The number of piperazine rings is 1. The molecule has 1 N–H and O–H groups in total. The second-order valence-corrected chi connectivity index (χ2v) is 10.5. The van der Waals surface area contributed by atoms with Gasteiger partial charge in [0.1, 0.15) is 5.82 Å². The first-order chi connectivity index (χ1) is 18.2. The van der Waals surface area contributed by atoms with Crippen molar-refractivity contribution in [2.75, 3.05) is 38.0 Å². The summed E-state index contributed by atoms with van der Waals surface area (Å²) < 4.78 is 13.2. The number of hydrogen-bond acceptors (Lipinski definition) is 4. The van der Waals surface area contributed by atoms with Crippen molar-refractivity contribution in [1.29, 1.82) is 0 Å². The molecule has 38 heavy (non-hydrogen) atoms. The standard InChI is InChI=1S/C29H34ClFN4O3/c1-20-18-33(19-22-3-8-26(31)9-4-22)15-16-35(20)28(37)10-6-23-5-7-25(30)17-27(23)32-29(38)24-11-13-34(14-12-24)21(2)36/h3-10,17,20,24H,11-16,18-19H2,1-2H3,(H,32,38)/t20-/m1/s1. The van der Waals surface area contributed by atoms with Crippen LogP contribution in [0.1, 0.15) is 37.8 Å². The highest BCUT2D eigenvalue weighted by Gasteiger charge is 2.27. The van der Waals surface area contributed by atoms with Crippen LogP contribution >= 0.6 is 11.6 Å². The van der Waals surface area contributed by atoms with Gasteiger partial charge in [-0.05, 0) is 61.2 Å². The summed E-state index contributed by atoms with van der Waals surface area (Å²) in [4.78, 5) is 43.4. The summed E-state index contributed by atoms with van der Waals surface area (Å²) in [5, 5.41) is 3.46. The largest absolute Gasteiger partial charge is 0.343 e. The molecule has 0 radical (unpaired) electrons. The van der Waals surface area contributed by atoms with Crippen molar-refractivity contribution >= 4 is 41.1 Å². The molecule has 0 aliphatic carbocycles. The Balaban J connectivity index is 1.35. The summed E-state index contributed by atoms with van der Waals surface area (Å²) >= 11 is 6.21. The van der Waals surface area contributed by atoms with Crippen LogP contribution in [-0.4, -0.2) is 71.2 Å². The van der Waals surface area contributed by atoms with Crippen molar-refractivity contribution < 1.29 is 18.8 Å². The van der Waals surface area contributed by atoms with Crippen molar-refractivity contribution in [1.82, 2.24) is 14.7 Å². The van der Waals surface area contributed by atoms with E-state index in [1.54, 1.807) is 48.2 Å². The van der Waals surface area contributed by atoms with Crippen molar-refractivity contribution in [3.8, 4) is 0 Å². The number of benzene rings is 2. The number of likely N-dealkylation sites (tertiary alicyclic amines) is 1. The van der Waals surface area contributed by atoms with Gasteiger partial charge < -0.3 is 15.1 Å². The summed E-state index contributed by atoms with van der Waals surface area (Å²) in [5.41, 5.74) is 2.29. The second-order valence-electron chi connectivity index (χ2n) is 10.1. The number of anilines is 1. The fourth-order valence-electron chi connectivity index (χ4n) is 5.08. The van der Waals surface area contributed by atoms with E-state index in [2.05, 4.69) is 10.2 Å². The number of piperidine rings is 1. The van der Waals surface area contributed by atoms with E-state index in [0.29, 0.717) is 55.3 Å². The minimum Gasteiger partial charge on any atom is -0.343 e. The van der Waals surface area contributed by atoms with Gasteiger partial charge in [-0.15, -0.1) is 0 Å². The van der Waals surface area contributed by atoms with E-state index in [1.807, 2.05) is 11.8 Å². The highest BCUT2D eigenvalue weighted by molar-refractivity contribution is 6.31. The van der Waals surface area contributed by atoms with E-state index in [1.165, 1.54) is 18.2 Å². The van der Waals surface area contributed by atoms with E-state index in [4.69, 9.17) is 11.6 Å². The third-order valence-corrected chi connectivity index (χ3v) is 7.54. The monoisotopic (exact) mass is 540 g/mol. The number of amides is 3. The lowest BCUT2D eigenvalue weighted by molar-refractivity contribution is -0.132. The summed E-state index contributed by atoms with van der Waals surface area (Å²) in [6, 6.07) is 11.7. The Morgan fingerprint density at radius 1 is 1.05 bits per heavy atom. The zero-order valence-corrected chi connectivity index (χ0v) is 22.6. The maximum absolute atomic E-state index is 13.2. The molecular formula is C29H34ClFN4O3. The van der Waals surface area contributed by atoms with Gasteiger partial charge in [0, 0.05) is 74.9 Å². The zero-order valence-electron chi connectivity index (χ0n) is 21.8. The van der Waals surface area contributed by atoms with Gasteiger partial charge in [0.05, 0.1) is 0 Å². The van der Waals surface area contributed by atoms with Crippen LogP contribution < -0.4 is 5.32 Å². The molecule has 2 aromatic rings. The predicted molar refractivity (Wildman–Crippen MR) is 147 cm³/mol. The molecule has 2 saturated heterocycles. The third-order valence-electron chi connectivity index (χ3n) is 7.30. The Bertz CT molecular complexity index is 1190. The van der Waals surface area contributed by atoms with Crippen LogP contribution in [0.25, 0.3) is 6.08 Å². The molecule has 2 aromatic carbocycles. The molecule has 0 spiro atoms. The van der Waals surface area contributed by atoms with E-state index < -0.39 is 0 Å². The Hall–Kier alpha value is -3.23. The first-order valence-corrected chi connectivity index (χ1v) is 13.4. The molecule has 0 unspecified atom stereocenters. The molecule has 4 rings (SSSR count). The van der Waals surface area contributed by atoms with Crippen LogP contribution in [0.3, 0.4) is 0 Å². The molecule has 2 aliphatic heterocycles. The average molecular weight is 541 g/mol. The van der Waals surface area contributed by atoms with Gasteiger partial charge in [0.15, 0.2) is 0 Å². The van der Waals surface area contributed by atoms with Crippen LogP contribution in [-0.2, 0) is 20.9 Å². The topological polar surface area (TPSA) is 73.0 Å². The Kier molecular flexibility index (Phi) is 9.17. The molecule has 0 saturated carbocycles. The summed E-state index contributed by atoms with van der Waals surface area (Å²) in [5.74, 6) is -0.609. The van der Waals surface area contributed by atoms with Gasteiger partial charge in [0.25, 0.3) is 0 Å². The van der Waals surface area contributed by atoms with Crippen molar-refractivity contribution in [3.05, 3.63) is 70.5 Å². The van der Waals surface area contributed by atoms with E-state index in [0.717, 1.165) is 18.7 Å². The molecule has 3 amide bonds. The summed E-state index contributed by atoms with van der Waals surface area (Å²) in [6.45, 7) is 7.46. The Labute approximate surface area is 228 Å². The smallest absolute Gasteiger partial charge is 0.246 e. The molecule has 9 heteroatoms. The number of rotatable bonds is 6. The van der Waals surface area contributed by atoms with Gasteiger partial charge in [0.2, 0.25) is 17.7 Å². The number of hydrogen-bond donors (Lipinski definition) is 1. The van der Waals surface area contributed by atoms with Crippen LogP contribution in [0.2, 0.25) is 5.02 Å². The average Bonchev–Trinajstić information content (AvgIpc) is 2.89. The number of carbonyl (C=O) groups excluding carboxylic acids is 3. The van der Waals surface area contributed by atoms with Crippen LogP contribution in [0.5, 0.6) is 0 Å².